The van der Waals surface area contributed by atoms with Gasteiger partial charge in [-0.3, -0.25) is 37.3 Å². The fraction of sp³-hybridized carbons (Fsp3) is 0.935. The van der Waals surface area contributed by atoms with Gasteiger partial charge in [0, 0.05) is 25.7 Å². The van der Waals surface area contributed by atoms with Gasteiger partial charge in [-0.1, -0.05) is 259 Å². The van der Waals surface area contributed by atoms with E-state index in [0.717, 1.165) is 96.3 Å². The van der Waals surface area contributed by atoms with Crippen LogP contribution in [0, 0.1) is 5.92 Å². The number of hydrogen-bond donors (Lipinski definition) is 3. The maximum atomic E-state index is 12.9. The van der Waals surface area contributed by atoms with Gasteiger partial charge in [0.05, 0.1) is 26.4 Å². The van der Waals surface area contributed by atoms with Gasteiger partial charge in [-0.15, -0.1) is 0 Å². The predicted octanol–water partition coefficient (Wildman–Crippen LogP) is 17.0. The van der Waals surface area contributed by atoms with Crippen LogP contribution >= 0.6 is 15.6 Å². The molecule has 0 fully saturated rings. The number of phosphoric ester groups is 2. The first-order valence-corrected chi connectivity index (χ1v) is 35.6. The topological polar surface area (TPSA) is 237 Å². The van der Waals surface area contributed by atoms with Crippen LogP contribution in [0.2, 0.25) is 0 Å². The quantitative estimate of drug-likeness (QED) is 0.0222. The first-order valence-electron chi connectivity index (χ1n) is 32.6. The molecule has 0 radical (unpaired) electrons. The first-order chi connectivity index (χ1) is 39.0. The predicted molar refractivity (Wildman–Crippen MR) is 322 cm³/mol. The number of phosphoric acid groups is 2. The minimum absolute atomic E-state index is 0.103. The average molecular weight is 1200 g/mol. The molecule has 0 bridgehead atoms. The van der Waals surface area contributed by atoms with E-state index in [4.69, 9.17) is 37.0 Å². The summed E-state index contributed by atoms with van der Waals surface area (Å²) in [5, 5.41) is 10.5. The second-order valence-corrected chi connectivity index (χ2v) is 25.8. The van der Waals surface area contributed by atoms with E-state index < -0.39 is 97.5 Å². The molecule has 0 aromatic heterocycles. The van der Waals surface area contributed by atoms with Crippen molar-refractivity contribution in [2.24, 2.45) is 5.92 Å². The molecule has 0 aliphatic rings. The second kappa shape index (κ2) is 55.9. The summed E-state index contributed by atoms with van der Waals surface area (Å²) in [5.41, 5.74) is 0. The molecule has 0 aromatic carbocycles. The fourth-order valence-corrected chi connectivity index (χ4v) is 10.8. The van der Waals surface area contributed by atoms with Gasteiger partial charge >= 0.3 is 39.5 Å². The van der Waals surface area contributed by atoms with Gasteiger partial charge < -0.3 is 33.8 Å². The zero-order valence-corrected chi connectivity index (χ0v) is 53.7. The highest BCUT2D eigenvalue weighted by Crippen LogP contribution is 2.45. The Balaban J connectivity index is 5.17. The lowest BCUT2D eigenvalue weighted by atomic mass is 10.0. The number of esters is 4. The monoisotopic (exact) mass is 1200 g/mol. The van der Waals surface area contributed by atoms with E-state index in [1.807, 2.05) is 0 Å². The van der Waals surface area contributed by atoms with Crippen molar-refractivity contribution in [1.29, 1.82) is 0 Å². The maximum Gasteiger partial charge on any atom is 0.472 e. The van der Waals surface area contributed by atoms with Gasteiger partial charge in [0.25, 0.3) is 0 Å². The van der Waals surface area contributed by atoms with Crippen molar-refractivity contribution in [1.82, 2.24) is 0 Å². The summed E-state index contributed by atoms with van der Waals surface area (Å²) in [6.45, 7) is 7.03. The molecule has 480 valence electrons. The lowest BCUT2D eigenvalue weighted by Crippen LogP contribution is -2.30. The van der Waals surface area contributed by atoms with Crippen molar-refractivity contribution in [3.63, 3.8) is 0 Å². The minimum Gasteiger partial charge on any atom is -0.462 e. The Morgan fingerprint density at radius 3 is 0.840 bits per heavy atom. The number of aliphatic hydroxyl groups is 1. The number of carbonyl (C=O) groups is 4. The van der Waals surface area contributed by atoms with Crippen molar-refractivity contribution in [3.05, 3.63) is 0 Å². The van der Waals surface area contributed by atoms with E-state index >= 15 is 0 Å². The molecular formula is C62H120O17P2. The molecule has 2 unspecified atom stereocenters. The SMILES string of the molecule is CCCCCCCCCCCCCCCCCC(=O)O[C@H](COC(=O)CCCCCCCCCCCCC)COP(=O)(O)OC[C@@H](O)COP(=O)(O)OC[C@@H](COC(=O)CCCCCCC)OC(=O)CCCCCCCCCC(C)C. The Morgan fingerprint density at radius 1 is 0.333 bits per heavy atom. The highest BCUT2D eigenvalue weighted by Gasteiger charge is 2.30. The molecule has 17 nitrogen and oxygen atoms in total. The Labute approximate surface area is 492 Å². The molecule has 3 N–H and O–H groups in total. The summed E-state index contributed by atoms with van der Waals surface area (Å²) in [5.74, 6) is -1.45. The molecule has 0 saturated heterocycles. The highest BCUT2D eigenvalue weighted by molar-refractivity contribution is 7.47. The van der Waals surface area contributed by atoms with E-state index in [9.17, 15) is 43.2 Å². The lowest BCUT2D eigenvalue weighted by molar-refractivity contribution is -0.161. The highest BCUT2D eigenvalue weighted by atomic mass is 31.2. The molecule has 0 saturated carbocycles. The smallest absolute Gasteiger partial charge is 0.462 e. The molecule has 19 heteroatoms. The van der Waals surface area contributed by atoms with Crippen molar-refractivity contribution in [2.75, 3.05) is 39.6 Å². The number of rotatable bonds is 62. The number of unbranched alkanes of at least 4 members (excludes halogenated alkanes) is 34. The van der Waals surface area contributed by atoms with Crippen LogP contribution in [0.4, 0.5) is 0 Å². The van der Waals surface area contributed by atoms with Crippen molar-refractivity contribution >= 4 is 39.5 Å². The summed E-state index contributed by atoms with van der Waals surface area (Å²) in [4.78, 5) is 71.9. The van der Waals surface area contributed by atoms with Crippen molar-refractivity contribution < 1.29 is 80.2 Å². The number of aliphatic hydroxyl groups excluding tert-OH is 1. The fourth-order valence-electron chi connectivity index (χ4n) is 9.23. The molecule has 5 atom stereocenters. The third-order valence-electron chi connectivity index (χ3n) is 14.3. The molecule has 0 aromatic rings. The molecule has 0 heterocycles. The number of hydrogen-bond acceptors (Lipinski definition) is 15. The Morgan fingerprint density at radius 2 is 0.568 bits per heavy atom. The van der Waals surface area contributed by atoms with Crippen molar-refractivity contribution in [3.8, 4) is 0 Å². The standard InChI is InChI=1S/C62H120O17P2/c1-6-9-12-15-17-19-21-22-23-24-26-28-32-37-42-47-61(66)79-58(52-73-60(65)46-41-36-31-27-25-20-18-16-13-10-7-2)54-77-81(70,71)75-50-56(63)49-74-80(68,69)76-53-57(51-72-59(64)45-40-34-14-11-8-3)78-62(67)48-43-38-33-29-30-35-39-44-55(4)5/h55-58,63H,6-54H2,1-5H3,(H,68,69)(H,70,71)/t56-,57+,58+/m0/s1. The van der Waals surface area contributed by atoms with Gasteiger partial charge in [0.15, 0.2) is 12.2 Å². The van der Waals surface area contributed by atoms with Crippen molar-refractivity contribution in [2.45, 2.75) is 329 Å². The minimum atomic E-state index is -4.94. The zero-order chi connectivity index (χ0) is 59.9. The number of ether oxygens (including phenoxy) is 4. The van der Waals surface area contributed by atoms with Crippen LogP contribution < -0.4 is 0 Å². The van der Waals surface area contributed by atoms with Crippen LogP contribution in [0.5, 0.6) is 0 Å². The van der Waals surface area contributed by atoms with E-state index in [1.54, 1.807) is 0 Å². The average Bonchev–Trinajstić information content (AvgIpc) is 3.43. The largest absolute Gasteiger partial charge is 0.472 e. The molecule has 0 aliphatic heterocycles. The molecule has 0 amide bonds. The van der Waals surface area contributed by atoms with Crippen LogP contribution in [0.1, 0.15) is 311 Å². The lowest BCUT2D eigenvalue weighted by Gasteiger charge is -2.21. The Kier molecular flexibility index (Phi) is 54.6. The first kappa shape index (κ1) is 79.1. The summed E-state index contributed by atoms with van der Waals surface area (Å²) in [6, 6.07) is 0. The third kappa shape index (κ3) is 56.9. The third-order valence-corrected chi connectivity index (χ3v) is 16.2. The second-order valence-electron chi connectivity index (χ2n) is 22.9. The summed E-state index contributed by atoms with van der Waals surface area (Å²) in [7, 11) is -9.87. The zero-order valence-electron chi connectivity index (χ0n) is 51.9. The Bertz CT molecular complexity index is 1580. The van der Waals surface area contributed by atoms with Gasteiger partial charge in [0.2, 0.25) is 0 Å². The molecule has 0 rings (SSSR count). The summed E-state index contributed by atoms with van der Waals surface area (Å²) in [6.07, 6.45) is 39.3. The molecule has 81 heavy (non-hydrogen) atoms. The molecular weight excluding hydrogens is 1080 g/mol. The van der Waals surface area contributed by atoms with E-state index in [2.05, 4.69) is 34.6 Å². The van der Waals surface area contributed by atoms with Crippen LogP contribution in [0.25, 0.3) is 0 Å². The van der Waals surface area contributed by atoms with Gasteiger partial charge in [-0.2, -0.15) is 0 Å². The van der Waals surface area contributed by atoms with E-state index in [-0.39, 0.29) is 25.7 Å². The number of carbonyl (C=O) groups excluding carboxylic acids is 4. The normalized spacial score (nSPS) is 14.3. The van der Waals surface area contributed by atoms with Crippen LogP contribution in [-0.4, -0.2) is 96.7 Å². The summed E-state index contributed by atoms with van der Waals surface area (Å²) < 4.78 is 67.7. The maximum absolute atomic E-state index is 12.9. The Hall–Kier alpha value is -1.94. The summed E-state index contributed by atoms with van der Waals surface area (Å²) >= 11 is 0. The van der Waals surface area contributed by atoms with E-state index in [0.29, 0.717) is 31.6 Å². The van der Waals surface area contributed by atoms with Gasteiger partial charge in [-0.05, 0) is 31.6 Å². The van der Waals surface area contributed by atoms with Crippen LogP contribution in [0.3, 0.4) is 0 Å². The van der Waals surface area contributed by atoms with Gasteiger partial charge in [-0.25, -0.2) is 9.13 Å². The van der Waals surface area contributed by atoms with E-state index in [1.165, 1.54) is 128 Å². The molecule has 0 aliphatic carbocycles. The van der Waals surface area contributed by atoms with Crippen LogP contribution in [-0.2, 0) is 65.4 Å². The van der Waals surface area contributed by atoms with Gasteiger partial charge in [0.1, 0.15) is 19.3 Å². The van der Waals surface area contributed by atoms with Crippen LogP contribution in [0.15, 0.2) is 0 Å². The molecule has 0 spiro atoms.